The van der Waals surface area contributed by atoms with Crippen LogP contribution in [0, 0.1) is 5.82 Å². The average molecular weight is 459 g/mol. The molecule has 178 valence electrons. The van der Waals surface area contributed by atoms with E-state index in [2.05, 4.69) is 13.8 Å². The van der Waals surface area contributed by atoms with Crippen molar-refractivity contribution >= 4 is 12.0 Å². The van der Waals surface area contributed by atoms with Crippen molar-refractivity contribution < 1.29 is 33.2 Å². The topological polar surface area (TPSA) is 74.2 Å². The molecule has 0 saturated carbocycles. The first kappa shape index (κ1) is 24.7. The Morgan fingerprint density at radius 2 is 1.94 bits per heavy atom. The molecule has 1 N–H and O–H groups in total. The zero-order valence-electron chi connectivity index (χ0n) is 19.5. The highest BCUT2D eigenvalue weighted by molar-refractivity contribution is 5.85. The molecule has 0 aliphatic carbocycles. The third kappa shape index (κ3) is 6.12. The van der Waals surface area contributed by atoms with Gasteiger partial charge in [-0.25, -0.2) is 4.39 Å². The van der Waals surface area contributed by atoms with Gasteiger partial charge in [0.05, 0.1) is 26.2 Å². The van der Waals surface area contributed by atoms with Crippen molar-refractivity contribution in [3.8, 4) is 22.6 Å². The van der Waals surface area contributed by atoms with Gasteiger partial charge in [0, 0.05) is 19.1 Å². The molecule has 0 unspecified atom stereocenters. The van der Waals surface area contributed by atoms with Gasteiger partial charge in [0.25, 0.3) is 0 Å². The predicted octanol–water partition coefficient (Wildman–Crippen LogP) is 4.73. The maximum absolute atomic E-state index is 13.7. The number of halogens is 1. The zero-order valence-corrected chi connectivity index (χ0v) is 19.5. The van der Waals surface area contributed by atoms with Crippen molar-refractivity contribution in [2.24, 2.45) is 0 Å². The van der Waals surface area contributed by atoms with Crippen LogP contribution in [0.5, 0.6) is 11.5 Å². The molecule has 0 radical (unpaired) electrons. The number of aliphatic hydroxyl groups is 1. The van der Waals surface area contributed by atoms with E-state index in [1.165, 1.54) is 12.1 Å². The highest BCUT2D eigenvalue weighted by Gasteiger charge is 2.26. The molecular formula is C26H31FO6. The number of cyclic esters (lactones) is 1. The number of rotatable bonds is 9. The van der Waals surface area contributed by atoms with Crippen LogP contribution in [0.15, 0.2) is 36.4 Å². The van der Waals surface area contributed by atoms with Crippen molar-refractivity contribution in [2.75, 3.05) is 27.4 Å². The van der Waals surface area contributed by atoms with E-state index in [1.54, 1.807) is 32.4 Å². The summed E-state index contributed by atoms with van der Waals surface area (Å²) in [5.74, 6) is 0.441. The van der Waals surface area contributed by atoms with Crippen molar-refractivity contribution in [3.05, 3.63) is 53.4 Å². The molecule has 0 amide bonds. The summed E-state index contributed by atoms with van der Waals surface area (Å²) in [5, 5.41) is 9.95. The van der Waals surface area contributed by atoms with E-state index in [4.69, 9.17) is 18.9 Å². The number of methoxy groups -OCH3 is 2. The number of hydrogen-bond acceptors (Lipinski definition) is 6. The van der Waals surface area contributed by atoms with Gasteiger partial charge in [-0.05, 0) is 46.9 Å². The van der Waals surface area contributed by atoms with Crippen LogP contribution in [-0.4, -0.2) is 50.7 Å². The second kappa shape index (κ2) is 11.3. The van der Waals surface area contributed by atoms with Gasteiger partial charge in [-0.3, -0.25) is 4.79 Å². The summed E-state index contributed by atoms with van der Waals surface area (Å²) in [4.78, 5) is 11.8. The molecule has 7 heteroatoms. The molecule has 2 aromatic rings. The number of benzene rings is 2. The van der Waals surface area contributed by atoms with Crippen molar-refractivity contribution in [2.45, 2.75) is 44.8 Å². The Morgan fingerprint density at radius 1 is 1.21 bits per heavy atom. The molecule has 0 bridgehead atoms. The number of hydrogen-bond donors (Lipinski definition) is 1. The zero-order chi connectivity index (χ0) is 24.0. The predicted molar refractivity (Wildman–Crippen MR) is 124 cm³/mol. The molecule has 33 heavy (non-hydrogen) atoms. The molecule has 0 spiro atoms. The van der Waals surface area contributed by atoms with Crippen LogP contribution in [-0.2, 0) is 14.3 Å². The van der Waals surface area contributed by atoms with Gasteiger partial charge in [-0.2, -0.15) is 0 Å². The molecular weight excluding hydrogens is 427 g/mol. The van der Waals surface area contributed by atoms with E-state index in [0.717, 1.165) is 22.3 Å². The second-order valence-corrected chi connectivity index (χ2v) is 8.27. The Bertz CT molecular complexity index is 983. The first-order valence-corrected chi connectivity index (χ1v) is 11.0. The summed E-state index contributed by atoms with van der Waals surface area (Å²) in [5.41, 5.74) is 3.34. The first-order chi connectivity index (χ1) is 15.8. The normalized spacial score (nSPS) is 18.6. The van der Waals surface area contributed by atoms with Crippen LogP contribution in [0.25, 0.3) is 17.2 Å². The lowest BCUT2D eigenvalue weighted by atomic mass is 9.88. The lowest BCUT2D eigenvalue weighted by molar-refractivity contribution is -0.156. The SMILES string of the molecule is COCCOc1cc(C(C)C)c(C=C[C@H]2C[C@H](O)CC(=O)O2)c(-c2ccc(F)cc2)c1OC. The van der Waals surface area contributed by atoms with Crippen LogP contribution < -0.4 is 9.47 Å². The van der Waals surface area contributed by atoms with E-state index in [0.29, 0.717) is 31.1 Å². The number of esters is 1. The van der Waals surface area contributed by atoms with Crippen molar-refractivity contribution in [1.29, 1.82) is 0 Å². The lowest BCUT2D eigenvalue weighted by Crippen LogP contribution is -2.31. The van der Waals surface area contributed by atoms with E-state index in [-0.39, 0.29) is 18.2 Å². The smallest absolute Gasteiger partial charge is 0.309 e. The highest BCUT2D eigenvalue weighted by atomic mass is 19.1. The molecule has 2 aromatic carbocycles. The summed E-state index contributed by atoms with van der Waals surface area (Å²) in [6, 6.07) is 8.12. The molecule has 3 rings (SSSR count). The Morgan fingerprint density at radius 3 is 2.55 bits per heavy atom. The molecule has 1 fully saturated rings. The summed E-state index contributed by atoms with van der Waals surface area (Å²) in [6.07, 6.45) is 2.73. The van der Waals surface area contributed by atoms with Gasteiger partial charge in [0.2, 0.25) is 0 Å². The van der Waals surface area contributed by atoms with Crippen molar-refractivity contribution in [1.82, 2.24) is 0 Å². The van der Waals surface area contributed by atoms with E-state index in [9.17, 15) is 14.3 Å². The molecule has 1 saturated heterocycles. The Balaban J connectivity index is 2.16. The van der Waals surface area contributed by atoms with Crippen LogP contribution in [0.1, 0.15) is 43.7 Å². The van der Waals surface area contributed by atoms with Crippen molar-refractivity contribution in [3.63, 3.8) is 0 Å². The molecule has 1 aliphatic rings. The number of carbonyl (C=O) groups is 1. The maximum atomic E-state index is 13.7. The average Bonchev–Trinajstić information content (AvgIpc) is 2.77. The summed E-state index contributed by atoms with van der Waals surface area (Å²) < 4.78 is 35.9. The Labute approximate surface area is 193 Å². The second-order valence-electron chi connectivity index (χ2n) is 8.27. The minimum Gasteiger partial charge on any atom is -0.492 e. The quantitative estimate of drug-likeness (QED) is 0.433. The summed E-state index contributed by atoms with van der Waals surface area (Å²) in [6.45, 7) is 4.90. The monoisotopic (exact) mass is 458 g/mol. The number of carbonyl (C=O) groups excluding carboxylic acids is 1. The Kier molecular flexibility index (Phi) is 8.47. The maximum Gasteiger partial charge on any atom is 0.309 e. The summed E-state index contributed by atoms with van der Waals surface area (Å²) in [7, 11) is 3.17. The molecule has 2 atom stereocenters. The van der Waals surface area contributed by atoms with Crippen LogP contribution in [0.3, 0.4) is 0 Å². The van der Waals surface area contributed by atoms with Gasteiger partial charge in [0.15, 0.2) is 11.5 Å². The highest BCUT2D eigenvalue weighted by Crippen LogP contribution is 2.45. The summed E-state index contributed by atoms with van der Waals surface area (Å²) >= 11 is 0. The minimum absolute atomic E-state index is 0.00372. The van der Waals surface area contributed by atoms with Crippen LogP contribution in [0.2, 0.25) is 0 Å². The fraction of sp³-hybridized carbons (Fsp3) is 0.423. The lowest BCUT2D eigenvalue weighted by Gasteiger charge is -2.25. The third-order valence-corrected chi connectivity index (χ3v) is 5.49. The minimum atomic E-state index is -0.729. The van der Waals surface area contributed by atoms with Crippen LogP contribution in [0.4, 0.5) is 4.39 Å². The fourth-order valence-corrected chi connectivity index (χ4v) is 3.91. The Hall–Kier alpha value is -2.90. The molecule has 6 nitrogen and oxygen atoms in total. The standard InChI is InChI=1S/C26H31FO6/c1-16(2)22-15-23(32-12-11-30-3)26(31-4)25(17-5-7-18(27)8-6-17)21(22)10-9-20-13-19(28)14-24(29)33-20/h5-10,15-16,19-20,28H,11-14H2,1-4H3/t19-,20-/m0/s1. The van der Waals surface area contributed by atoms with E-state index >= 15 is 0 Å². The van der Waals surface area contributed by atoms with Gasteiger partial charge >= 0.3 is 5.97 Å². The first-order valence-electron chi connectivity index (χ1n) is 11.0. The molecule has 0 aromatic heterocycles. The third-order valence-electron chi connectivity index (χ3n) is 5.49. The van der Waals surface area contributed by atoms with E-state index < -0.39 is 18.2 Å². The largest absolute Gasteiger partial charge is 0.492 e. The van der Waals surface area contributed by atoms with Gasteiger partial charge in [-0.15, -0.1) is 0 Å². The van der Waals surface area contributed by atoms with Gasteiger partial charge in [0.1, 0.15) is 18.5 Å². The fourth-order valence-electron chi connectivity index (χ4n) is 3.91. The molecule has 1 aliphatic heterocycles. The van der Waals surface area contributed by atoms with Gasteiger partial charge in [-0.1, -0.05) is 32.1 Å². The number of aliphatic hydroxyl groups excluding tert-OH is 1. The van der Waals surface area contributed by atoms with E-state index in [1.807, 2.05) is 12.1 Å². The molecule has 1 heterocycles. The van der Waals surface area contributed by atoms with Gasteiger partial charge < -0.3 is 24.1 Å². The number of ether oxygens (including phenoxy) is 4. The van der Waals surface area contributed by atoms with Crippen LogP contribution >= 0.6 is 0 Å².